The molecule has 1 aliphatic rings. The number of hydrogen-bond donors (Lipinski definition) is 1. The lowest BCUT2D eigenvalue weighted by Crippen LogP contribution is -2.45. The Kier molecular flexibility index (Phi) is 4.88. The van der Waals surface area contributed by atoms with Crippen LogP contribution in [0.4, 0.5) is 0 Å². The van der Waals surface area contributed by atoms with Crippen molar-refractivity contribution in [2.75, 3.05) is 20.6 Å². The van der Waals surface area contributed by atoms with Gasteiger partial charge in [-0.3, -0.25) is 0 Å². The predicted octanol–water partition coefficient (Wildman–Crippen LogP) is 2.98. The summed E-state index contributed by atoms with van der Waals surface area (Å²) in [5.74, 6) is 0.667. The zero-order valence-corrected chi connectivity index (χ0v) is 13.2. The van der Waals surface area contributed by atoms with Gasteiger partial charge in [-0.2, -0.15) is 0 Å². The minimum absolute atomic E-state index is 0.565. The first-order chi connectivity index (χ1) is 8.97. The number of likely N-dealkylation sites (N-methyl/N-ethyl adjacent to an activating group) is 1. The van der Waals surface area contributed by atoms with Gasteiger partial charge in [0.2, 0.25) is 0 Å². The van der Waals surface area contributed by atoms with Crippen molar-refractivity contribution in [1.82, 2.24) is 10.2 Å². The molecule has 2 atom stereocenters. The third kappa shape index (κ3) is 3.71. The summed E-state index contributed by atoms with van der Waals surface area (Å²) in [5, 5.41) is 4.58. The van der Waals surface area contributed by atoms with Crippen molar-refractivity contribution >= 4 is 11.6 Å². The van der Waals surface area contributed by atoms with Gasteiger partial charge in [0.25, 0.3) is 0 Å². The van der Waals surface area contributed by atoms with Crippen LogP contribution in [0.5, 0.6) is 0 Å². The molecule has 1 aliphatic carbocycles. The molecule has 19 heavy (non-hydrogen) atoms. The highest BCUT2D eigenvalue weighted by Crippen LogP contribution is 2.25. The van der Waals surface area contributed by atoms with Crippen LogP contribution in [0.2, 0.25) is 5.02 Å². The summed E-state index contributed by atoms with van der Waals surface area (Å²) in [4.78, 5) is 2.32. The maximum Gasteiger partial charge on any atom is 0.0408 e. The van der Waals surface area contributed by atoms with Gasteiger partial charge in [-0.25, -0.2) is 0 Å². The van der Waals surface area contributed by atoms with Crippen molar-refractivity contribution in [2.24, 2.45) is 5.92 Å². The Morgan fingerprint density at radius 2 is 1.95 bits per heavy atom. The van der Waals surface area contributed by atoms with Crippen molar-refractivity contribution in [1.29, 1.82) is 0 Å². The molecule has 1 N–H and O–H groups in total. The van der Waals surface area contributed by atoms with Gasteiger partial charge < -0.3 is 10.2 Å². The number of hydrogen-bond acceptors (Lipinski definition) is 2. The second-order valence-corrected chi connectivity index (χ2v) is 6.64. The largest absolute Gasteiger partial charge is 0.312 e. The lowest BCUT2D eigenvalue weighted by atomic mass is 10.0. The van der Waals surface area contributed by atoms with Crippen molar-refractivity contribution in [3.63, 3.8) is 0 Å². The van der Waals surface area contributed by atoms with E-state index in [0.717, 1.165) is 24.4 Å². The molecule has 1 aromatic rings. The van der Waals surface area contributed by atoms with E-state index in [4.69, 9.17) is 11.6 Å². The molecule has 0 spiro atoms. The highest BCUT2D eigenvalue weighted by atomic mass is 35.5. The highest BCUT2D eigenvalue weighted by molar-refractivity contribution is 6.30. The quantitative estimate of drug-likeness (QED) is 0.892. The Balaban J connectivity index is 1.90. The van der Waals surface area contributed by atoms with E-state index < -0.39 is 0 Å². The summed E-state index contributed by atoms with van der Waals surface area (Å²) < 4.78 is 0. The highest BCUT2D eigenvalue weighted by Gasteiger charge is 2.23. The average Bonchev–Trinajstić information content (AvgIpc) is 2.70. The summed E-state index contributed by atoms with van der Waals surface area (Å²) >= 11 is 6.05. The van der Waals surface area contributed by atoms with Crippen molar-refractivity contribution < 1.29 is 0 Å². The zero-order chi connectivity index (χ0) is 14.0. The predicted molar refractivity (Wildman–Crippen MR) is 83.0 cm³/mol. The van der Waals surface area contributed by atoms with Crippen molar-refractivity contribution in [3.8, 4) is 0 Å². The minimum atomic E-state index is 0.565. The summed E-state index contributed by atoms with van der Waals surface area (Å²) in [6, 6.07) is 7.44. The molecule has 0 saturated heterocycles. The standard InChI is InChI=1S/C16H25ClN2/c1-11(2)16(19(3)4)10-18-15-8-12-5-6-14(17)7-13(12)9-15/h5-7,11,15-16,18H,8-10H2,1-4H3. The molecule has 1 aromatic carbocycles. The molecule has 0 heterocycles. The maximum atomic E-state index is 6.05. The van der Waals surface area contributed by atoms with Gasteiger partial charge in [-0.15, -0.1) is 0 Å². The van der Waals surface area contributed by atoms with Crippen LogP contribution in [0, 0.1) is 5.92 Å². The summed E-state index contributed by atoms with van der Waals surface area (Å²) in [6.45, 7) is 5.63. The first-order valence-electron chi connectivity index (χ1n) is 7.14. The molecule has 0 saturated carbocycles. The molecule has 0 radical (unpaired) electrons. The van der Waals surface area contributed by atoms with E-state index in [9.17, 15) is 0 Å². The molecule has 106 valence electrons. The number of fused-ring (bicyclic) bond motifs is 1. The van der Waals surface area contributed by atoms with E-state index in [0.29, 0.717) is 18.0 Å². The van der Waals surface area contributed by atoms with E-state index in [2.05, 4.69) is 50.3 Å². The van der Waals surface area contributed by atoms with Crippen LogP contribution in [0.1, 0.15) is 25.0 Å². The Morgan fingerprint density at radius 3 is 2.58 bits per heavy atom. The van der Waals surface area contributed by atoms with Crippen LogP contribution in [0.3, 0.4) is 0 Å². The molecular formula is C16H25ClN2. The first kappa shape index (κ1) is 14.8. The van der Waals surface area contributed by atoms with Gasteiger partial charge in [-0.1, -0.05) is 31.5 Å². The fourth-order valence-corrected chi connectivity index (χ4v) is 3.23. The van der Waals surface area contributed by atoms with E-state index in [-0.39, 0.29) is 0 Å². The van der Waals surface area contributed by atoms with E-state index in [1.807, 2.05) is 6.07 Å². The topological polar surface area (TPSA) is 15.3 Å². The molecule has 0 bridgehead atoms. The molecule has 2 rings (SSSR count). The first-order valence-corrected chi connectivity index (χ1v) is 7.52. The monoisotopic (exact) mass is 280 g/mol. The van der Waals surface area contributed by atoms with Gasteiger partial charge in [0.1, 0.15) is 0 Å². The number of rotatable bonds is 5. The van der Waals surface area contributed by atoms with Gasteiger partial charge in [0.15, 0.2) is 0 Å². The van der Waals surface area contributed by atoms with Crippen LogP contribution in [-0.2, 0) is 12.8 Å². The van der Waals surface area contributed by atoms with E-state index in [1.54, 1.807) is 0 Å². The van der Waals surface area contributed by atoms with Crippen LogP contribution in [-0.4, -0.2) is 37.6 Å². The van der Waals surface area contributed by atoms with Gasteiger partial charge in [0, 0.05) is 23.7 Å². The van der Waals surface area contributed by atoms with Crippen molar-refractivity contribution in [2.45, 2.75) is 38.8 Å². The minimum Gasteiger partial charge on any atom is -0.312 e. The molecule has 0 aromatic heterocycles. The third-order valence-corrected chi connectivity index (χ3v) is 4.38. The van der Waals surface area contributed by atoms with Crippen LogP contribution < -0.4 is 5.32 Å². The SMILES string of the molecule is CC(C)C(CNC1Cc2ccc(Cl)cc2C1)N(C)C. The molecular weight excluding hydrogens is 256 g/mol. The van der Waals surface area contributed by atoms with Crippen molar-refractivity contribution in [3.05, 3.63) is 34.3 Å². The van der Waals surface area contributed by atoms with E-state index >= 15 is 0 Å². The van der Waals surface area contributed by atoms with Gasteiger partial charge >= 0.3 is 0 Å². The lowest BCUT2D eigenvalue weighted by Gasteiger charge is -2.29. The van der Waals surface area contributed by atoms with Crippen LogP contribution >= 0.6 is 11.6 Å². The van der Waals surface area contributed by atoms with Crippen LogP contribution in [0.15, 0.2) is 18.2 Å². The average molecular weight is 281 g/mol. The summed E-state index contributed by atoms with van der Waals surface area (Å²) in [5.41, 5.74) is 2.86. The molecule has 2 unspecified atom stereocenters. The summed E-state index contributed by atoms with van der Waals surface area (Å²) in [6.07, 6.45) is 2.24. The Morgan fingerprint density at radius 1 is 1.26 bits per heavy atom. The maximum absolute atomic E-state index is 6.05. The smallest absolute Gasteiger partial charge is 0.0408 e. The Labute approximate surface area is 122 Å². The fourth-order valence-electron chi connectivity index (χ4n) is 3.03. The third-order valence-electron chi connectivity index (χ3n) is 4.15. The normalized spacial score (nSPS) is 20.1. The van der Waals surface area contributed by atoms with E-state index in [1.165, 1.54) is 11.1 Å². The second-order valence-electron chi connectivity index (χ2n) is 6.20. The molecule has 0 fully saturated rings. The van der Waals surface area contributed by atoms with Crippen LogP contribution in [0.25, 0.3) is 0 Å². The second kappa shape index (κ2) is 6.25. The zero-order valence-electron chi connectivity index (χ0n) is 12.4. The number of halogens is 1. The van der Waals surface area contributed by atoms with Gasteiger partial charge in [-0.05, 0) is 56.1 Å². The number of benzene rings is 1. The Bertz CT molecular complexity index is 421. The molecule has 3 heteroatoms. The number of nitrogens with zero attached hydrogens (tertiary/aromatic N) is 1. The molecule has 2 nitrogen and oxygen atoms in total. The number of nitrogens with one attached hydrogen (secondary N) is 1. The Hall–Kier alpha value is -0.570. The summed E-state index contributed by atoms with van der Waals surface area (Å²) in [7, 11) is 4.32. The fraction of sp³-hybridized carbons (Fsp3) is 0.625. The van der Waals surface area contributed by atoms with Gasteiger partial charge in [0.05, 0.1) is 0 Å². The molecule has 0 aliphatic heterocycles. The molecule has 0 amide bonds. The lowest BCUT2D eigenvalue weighted by molar-refractivity contribution is 0.219.